The summed E-state index contributed by atoms with van der Waals surface area (Å²) >= 11 is 3.37. The number of hydrogen-bond acceptors (Lipinski definition) is 8. The number of carbonyl (C=O) groups excluding carboxylic acids is 2. The molecule has 5 aliphatic rings. The molecule has 0 bridgehead atoms. The van der Waals surface area contributed by atoms with Crippen LogP contribution in [0.1, 0.15) is 116 Å². The highest BCUT2D eigenvalue weighted by atomic mass is 79.9. The van der Waals surface area contributed by atoms with E-state index in [1.807, 2.05) is 132 Å². The molecule has 0 atom stereocenters. The molecular formula is C50H62B3BrF2N2O8. The second kappa shape index (κ2) is 18.5. The van der Waals surface area contributed by atoms with Crippen molar-refractivity contribution in [2.24, 2.45) is 0 Å². The van der Waals surface area contributed by atoms with Gasteiger partial charge in [-0.3, -0.25) is 9.59 Å². The minimum Gasteiger partial charge on any atom is -0.405 e. The van der Waals surface area contributed by atoms with E-state index in [9.17, 15) is 18.4 Å². The van der Waals surface area contributed by atoms with Gasteiger partial charge in [-0.2, -0.15) is 0 Å². The van der Waals surface area contributed by atoms with Crippen LogP contribution >= 0.6 is 15.9 Å². The summed E-state index contributed by atoms with van der Waals surface area (Å²) in [6.45, 7) is 26.4. The van der Waals surface area contributed by atoms with Crippen LogP contribution in [-0.2, 0) is 76.5 Å². The molecule has 0 aromatic heterocycles. The third kappa shape index (κ3) is 10.9. The van der Waals surface area contributed by atoms with Crippen LogP contribution in [0, 0.1) is 11.6 Å². The predicted octanol–water partition coefficient (Wildman–Crippen LogP) is 9.13. The Morgan fingerprint density at radius 1 is 0.485 bits per heavy atom. The fraction of sp³-hybridized carbons (Fsp3) is 0.480. The first-order valence-corrected chi connectivity index (χ1v) is 23.4. The lowest BCUT2D eigenvalue weighted by atomic mass is 9.49. The molecule has 0 unspecified atom stereocenters. The van der Waals surface area contributed by atoms with Gasteiger partial charge < -0.3 is 37.7 Å². The monoisotopic (exact) mass is 968 g/mol. The molecule has 66 heavy (non-hydrogen) atoms. The summed E-state index contributed by atoms with van der Waals surface area (Å²) in [5.41, 5.74) is 4.53. The molecule has 3 saturated heterocycles. The Morgan fingerprint density at radius 2 is 0.803 bits per heavy atom. The third-order valence-electron chi connectivity index (χ3n) is 14.4. The average molecular weight is 969 g/mol. The molecule has 4 aromatic carbocycles. The van der Waals surface area contributed by atoms with Crippen molar-refractivity contribution >= 4 is 54.3 Å². The molecule has 5 aliphatic heterocycles. The Morgan fingerprint density at radius 3 is 1.17 bits per heavy atom. The van der Waals surface area contributed by atoms with Gasteiger partial charge in [-0.05, 0) is 158 Å². The molecule has 10 nitrogen and oxygen atoms in total. The van der Waals surface area contributed by atoms with E-state index in [0.29, 0.717) is 39.0 Å². The van der Waals surface area contributed by atoms with Crippen molar-refractivity contribution in [2.45, 2.75) is 156 Å². The average Bonchev–Trinajstić information content (AvgIpc) is 3.99. The fourth-order valence-electron chi connectivity index (χ4n) is 8.03. The van der Waals surface area contributed by atoms with Crippen molar-refractivity contribution in [1.29, 1.82) is 0 Å². The number of nitrogens with zero attached hydrogens (tertiary/aromatic N) is 2. The van der Waals surface area contributed by atoms with E-state index in [2.05, 4.69) is 15.9 Å². The quantitative estimate of drug-likeness (QED) is 0.177. The van der Waals surface area contributed by atoms with Crippen LogP contribution in [0.25, 0.3) is 0 Å². The van der Waals surface area contributed by atoms with Crippen LogP contribution in [-0.4, -0.2) is 76.4 Å². The van der Waals surface area contributed by atoms with Gasteiger partial charge in [0.15, 0.2) is 0 Å². The molecule has 0 radical (unpaired) electrons. The Bertz CT molecular complexity index is 2350. The van der Waals surface area contributed by atoms with Gasteiger partial charge in [0, 0.05) is 30.7 Å². The summed E-state index contributed by atoms with van der Waals surface area (Å²) in [5.74, 6) is -0.388. The fourth-order valence-corrected chi connectivity index (χ4v) is 8.29. The first-order valence-electron chi connectivity index (χ1n) is 22.6. The SMILES string of the molecule is CC1(C)OB(B2OC(C)(C)C(C)(C)O2)OC1(C)C.CC1(C)OB(c2ccc(CC(=O)N3Cc4ccc(F)cc4C3)cc2)OC1(C)C.O=C(Cc1ccc(Br)cc1)N1Cc2ccc(F)cc2C1. The second-order valence-electron chi connectivity index (χ2n) is 20.9. The highest BCUT2D eigenvalue weighted by molar-refractivity contribution is 9.10. The number of rotatable bonds is 6. The summed E-state index contributed by atoms with van der Waals surface area (Å²) in [4.78, 5) is 28.5. The Hall–Kier alpha value is -3.89. The zero-order valence-corrected chi connectivity index (χ0v) is 41.9. The number of fused-ring (bicyclic) bond motifs is 2. The molecule has 0 saturated carbocycles. The van der Waals surface area contributed by atoms with Crippen LogP contribution < -0.4 is 5.46 Å². The van der Waals surface area contributed by atoms with E-state index < -0.39 is 21.1 Å². The molecule has 5 heterocycles. The number of amides is 2. The van der Waals surface area contributed by atoms with Gasteiger partial charge in [-0.25, -0.2) is 8.78 Å². The van der Waals surface area contributed by atoms with E-state index in [4.69, 9.17) is 27.9 Å². The molecule has 0 N–H and O–H groups in total. The van der Waals surface area contributed by atoms with E-state index in [1.165, 1.54) is 24.3 Å². The van der Waals surface area contributed by atoms with Crippen molar-refractivity contribution in [3.8, 4) is 0 Å². The Balaban J connectivity index is 0.000000152. The molecule has 16 heteroatoms. The lowest BCUT2D eigenvalue weighted by Gasteiger charge is -2.32. The highest BCUT2D eigenvalue weighted by Gasteiger charge is 2.63. The summed E-state index contributed by atoms with van der Waals surface area (Å²) in [6, 6.07) is 25.0. The van der Waals surface area contributed by atoms with Crippen LogP contribution in [0.3, 0.4) is 0 Å². The zero-order valence-electron chi connectivity index (χ0n) is 40.4. The topological polar surface area (TPSA) is 96.0 Å². The van der Waals surface area contributed by atoms with Crippen LogP contribution in [0.15, 0.2) is 89.4 Å². The summed E-state index contributed by atoms with van der Waals surface area (Å²) < 4.78 is 63.5. The third-order valence-corrected chi connectivity index (χ3v) is 14.9. The first-order chi connectivity index (χ1) is 30.6. The smallest absolute Gasteiger partial charge is 0.405 e. The molecule has 2 amide bonds. The van der Waals surface area contributed by atoms with E-state index >= 15 is 0 Å². The van der Waals surface area contributed by atoms with Gasteiger partial charge in [0.25, 0.3) is 0 Å². The minimum atomic E-state index is -0.476. The summed E-state index contributed by atoms with van der Waals surface area (Å²) in [5, 5.41) is 0. The van der Waals surface area contributed by atoms with Crippen molar-refractivity contribution < 1.29 is 46.3 Å². The second-order valence-corrected chi connectivity index (χ2v) is 21.8. The molecular weight excluding hydrogens is 907 g/mol. The van der Waals surface area contributed by atoms with Crippen molar-refractivity contribution in [1.82, 2.24) is 9.80 Å². The van der Waals surface area contributed by atoms with E-state index in [-0.39, 0.29) is 57.1 Å². The summed E-state index contributed by atoms with van der Waals surface area (Å²) in [6.07, 6.45) is 0.698. The van der Waals surface area contributed by atoms with Crippen molar-refractivity contribution in [3.63, 3.8) is 0 Å². The van der Waals surface area contributed by atoms with Gasteiger partial charge in [0.2, 0.25) is 11.8 Å². The number of benzene rings is 4. The normalized spacial score (nSPS) is 21.2. The molecule has 9 rings (SSSR count). The number of halogens is 3. The maximum atomic E-state index is 13.4. The van der Waals surface area contributed by atoms with Gasteiger partial charge in [0.05, 0.1) is 46.4 Å². The van der Waals surface area contributed by atoms with Gasteiger partial charge in [-0.1, -0.05) is 64.5 Å². The predicted molar refractivity (Wildman–Crippen MR) is 257 cm³/mol. The maximum absolute atomic E-state index is 13.4. The van der Waals surface area contributed by atoms with Crippen LogP contribution in [0.4, 0.5) is 8.78 Å². The maximum Gasteiger partial charge on any atom is 0.494 e. The highest BCUT2D eigenvalue weighted by Crippen LogP contribution is 2.43. The van der Waals surface area contributed by atoms with E-state index in [0.717, 1.165) is 43.3 Å². The number of carbonyl (C=O) groups is 2. The minimum absolute atomic E-state index is 0.0417. The summed E-state index contributed by atoms with van der Waals surface area (Å²) in [7, 11) is -1.36. The van der Waals surface area contributed by atoms with Crippen LogP contribution in [0.5, 0.6) is 0 Å². The molecule has 0 spiro atoms. The zero-order chi connectivity index (χ0) is 48.2. The molecule has 4 aromatic rings. The first kappa shape index (κ1) is 50.0. The van der Waals surface area contributed by atoms with Gasteiger partial charge in [-0.15, -0.1) is 0 Å². The van der Waals surface area contributed by atoms with Gasteiger partial charge >= 0.3 is 21.1 Å². The largest absolute Gasteiger partial charge is 0.494 e. The van der Waals surface area contributed by atoms with E-state index in [1.54, 1.807) is 21.9 Å². The lowest BCUT2D eigenvalue weighted by Crippen LogP contribution is -2.41. The van der Waals surface area contributed by atoms with Crippen LogP contribution in [0.2, 0.25) is 0 Å². The Kier molecular flexibility index (Phi) is 14.1. The van der Waals surface area contributed by atoms with Gasteiger partial charge in [0.1, 0.15) is 11.6 Å². The molecule has 3 fully saturated rings. The standard InChI is InChI=1S/C22H25BFNO3.C16H13BrFNO.C12H24B2O4/c1-21(2)22(3,4)28-23(27-21)18-8-5-15(6-9-18)11-20(26)25-13-16-7-10-19(24)12-17(16)14-25;17-14-4-1-11(2-5-14)7-16(20)19-9-12-3-6-15(18)8-13(12)10-19;1-9(2)10(3,4)16-13(15-9)14-17-11(5,6)12(7,8)18-14/h5-10,12H,11,13-14H2,1-4H3;1-6,8H,7,9-10H2;1-8H3. The van der Waals surface area contributed by atoms with Crippen molar-refractivity contribution in [2.75, 3.05) is 0 Å². The lowest BCUT2D eigenvalue weighted by molar-refractivity contribution is -0.131. The van der Waals surface area contributed by atoms with Crippen molar-refractivity contribution in [3.05, 3.63) is 134 Å². The molecule has 350 valence electrons. The molecule has 0 aliphatic carbocycles. The Labute approximate surface area is 398 Å². The number of hydrogen-bond donors (Lipinski definition) is 0.